The van der Waals surface area contributed by atoms with Crippen molar-refractivity contribution in [3.05, 3.63) is 0 Å². The number of unbranched alkanes of at least 4 members (excludes halogenated alkanes) is 17. The normalized spacial score (nSPS) is 10.9. The van der Waals surface area contributed by atoms with Crippen molar-refractivity contribution < 1.29 is 9.59 Å². The van der Waals surface area contributed by atoms with E-state index in [-0.39, 0.29) is 5.78 Å². The summed E-state index contributed by atoms with van der Waals surface area (Å²) in [5, 5.41) is 0. The van der Waals surface area contributed by atoms with Crippen LogP contribution in [0.25, 0.3) is 0 Å². The van der Waals surface area contributed by atoms with Crippen LogP contribution in [0.1, 0.15) is 129 Å². The Morgan fingerprint density at radius 1 is 0.542 bits per heavy atom. The second kappa shape index (κ2) is 20.4. The van der Waals surface area contributed by atoms with E-state index >= 15 is 0 Å². The molecule has 0 aromatic carbocycles. The highest BCUT2D eigenvalue weighted by Crippen LogP contribution is 2.14. The lowest BCUT2D eigenvalue weighted by Crippen LogP contribution is -1.97. The molecule has 0 heterocycles. The molecular weight excluding hydrogens is 296 g/mol. The van der Waals surface area contributed by atoms with Gasteiger partial charge in [0.1, 0.15) is 0 Å². The first-order valence-corrected chi connectivity index (χ1v) is 10.7. The average molecular weight is 338 g/mol. The Morgan fingerprint density at radius 3 is 1.12 bits per heavy atom. The molecule has 0 aliphatic carbocycles. The molecule has 1 radical (unpaired) electrons. The maximum Gasteiger partial charge on any atom is 0.272 e. The highest BCUT2D eigenvalue weighted by molar-refractivity contribution is 6.25. The zero-order valence-corrected chi connectivity index (χ0v) is 16.3. The van der Waals surface area contributed by atoms with E-state index in [0.29, 0.717) is 6.42 Å². The number of Topliss-reactive ketones (excluding diaryl/α,β-unsaturated/α-hetero) is 1. The number of carbonyl (C=O) groups is 1. The molecule has 0 amide bonds. The fourth-order valence-corrected chi connectivity index (χ4v) is 3.24. The van der Waals surface area contributed by atoms with E-state index < -0.39 is 0 Å². The molecule has 0 aromatic heterocycles. The second-order valence-electron chi connectivity index (χ2n) is 7.29. The summed E-state index contributed by atoms with van der Waals surface area (Å²) < 4.78 is 0. The van der Waals surface area contributed by atoms with Crippen LogP contribution >= 0.6 is 0 Å². The summed E-state index contributed by atoms with van der Waals surface area (Å²) in [5.41, 5.74) is 0. The quantitative estimate of drug-likeness (QED) is 0.175. The van der Waals surface area contributed by atoms with Crippen LogP contribution in [0.3, 0.4) is 0 Å². The van der Waals surface area contributed by atoms with Gasteiger partial charge in [0.2, 0.25) is 5.78 Å². The number of rotatable bonds is 20. The van der Waals surface area contributed by atoms with E-state index in [1.165, 1.54) is 109 Å². The summed E-state index contributed by atoms with van der Waals surface area (Å²) in [7, 11) is 0. The monoisotopic (exact) mass is 337 g/mol. The predicted octanol–water partition coefficient (Wildman–Crippen LogP) is 7.10. The molecular formula is C22H41O2. The third-order valence-corrected chi connectivity index (χ3v) is 4.87. The topological polar surface area (TPSA) is 34.1 Å². The molecule has 0 aromatic rings. The fourth-order valence-electron chi connectivity index (χ4n) is 3.24. The SMILES string of the molecule is CCCCCCCCCCCCCCCCCCCCC(=O)[C]=O. The van der Waals surface area contributed by atoms with Crippen molar-refractivity contribution in [2.75, 3.05) is 0 Å². The zero-order chi connectivity index (χ0) is 17.7. The minimum atomic E-state index is -0.369. The van der Waals surface area contributed by atoms with Gasteiger partial charge in [-0.2, -0.15) is 0 Å². The molecule has 0 fully saturated rings. The Morgan fingerprint density at radius 2 is 0.833 bits per heavy atom. The van der Waals surface area contributed by atoms with Gasteiger partial charge in [-0.1, -0.05) is 116 Å². The van der Waals surface area contributed by atoms with Crippen LogP contribution < -0.4 is 0 Å². The molecule has 2 nitrogen and oxygen atoms in total. The Labute approximate surface area is 151 Å². The molecule has 0 N–H and O–H groups in total. The van der Waals surface area contributed by atoms with Crippen LogP contribution in [-0.4, -0.2) is 12.1 Å². The molecule has 0 bridgehead atoms. The predicted molar refractivity (Wildman–Crippen MR) is 104 cm³/mol. The van der Waals surface area contributed by atoms with Gasteiger partial charge in [-0.15, -0.1) is 0 Å². The summed E-state index contributed by atoms with van der Waals surface area (Å²) in [4.78, 5) is 20.8. The maximum absolute atomic E-state index is 10.8. The van der Waals surface area contributed by atoms with Crippen molar-refractivity contribution in [1.29, 1.82) is 0 Å². The summed E-state index contributed by atoms with van der Waals surface area (Å²) in [6.45, 7) is 2.28. The lowest BCUT2D eigenvalue weighted by molar-refractivity contribution is -0.113. The van der Waals surface area contributed by atoms with E-state index in [2.05, 4.69) is 6.92 Å². The van der Waals surface area contributed by atoms with Gasteiger partial charge in [-0.25, -0.2) is 0 Å². The van der Waals surface area contributed by atoms with Gasteiger partial charge < -0.3 is 0 Å². The lowest BCUT2D eigenvalue weighted by Gasteiger charge is -2.03. The number of carbonyl (C=O) groups excluding carboxylic acids is 2. The Hall–Kier alpha value is -0.660. The first kappa shape index (κ1) is 23.3. The summed E-state index contributed by atoms with van der Waals surface area (Å²) >= 11 is 0. The van der Waals surface area contributed by atoms with E-state index in [1.54, 1.807) is 0 Å². The molecule has 0 saturated carbocycles. The second-order valence-corrected chi connectivity index (χ2v) is 7.29. The van der Waals surface area contributed by atoms with Gasteiger partial charge >= 0.3 is 0 Å². The van der Waals surface area contributed by atoms with E-state index in [0.717, 1.165) is 12.8 Å². The first-order chi connectivity index (χ1) is 11.8. The van der Waals surface area contributed by atoms with Crippen LogP contribution in [0.15, 0.2) is 0 Å². The summed E-state index contributed by atoms with van der Waals surface area (Å²) in [6.07, 6.45) is 26.0. The van der Waals surface area contributed by atoms with Crippen molar-refractivity contribution in [3.63, 3.8) is 0 Å². The molecule has 0 atom stereocenters. The van der Waals surface area contributed by atoms with Crippen molar-refractivity contribution in [3.8, 4) is 0 Å². The van der Waals surface area contributed by atoms with Crippen LogP contribution in [-0.2, 0) is 9.59 Å². The fraction of sp³-hybridized carbons (Fsp3) is 0.909. The van der Waals surface area contributed by atoms with Crippen LogP contribution in [0.2, 0.25) is 0 Å². The largest absolute Gasteiger partial charge is 0.290 e. The van der Waals surface area contributed by atoms with Gasteiger partial charge in [0, 0.05) is 6.42 Å². The van der Waals surface area contributed by atoms with E-state index in [4.69, 9.17) is 0 Å². The Kier molecular flexibility index (Phi) is 19.8. The smallest absolute Gasteiger partial charge is 0.272 e. The van der Waals surface area contributed by atoms with E-state index in [1.807, 2.05) is 0 Å². The molecule has 141 valence electrons. The lowest BCUT2D eigenvalue weighted by atomic mass is 10.0. The van der Waals surface area contributed by atoms with Gasteiger partial charge in [0.05, 0.1) is 0 Å². The molecule has 0 saturated heterocycles. The molecule has 0 unspecified atom stereocenters. The third-order valence-electron chi connectivity index (χ3n) is 4.87. The maximum atomic E-state index is 10.8. The third kappa shape index (κ3) is 19.4. The van der Waals surface area contributed by atoms with Crippen molar-refractivity contribution in [2.24, 2.45) is 0 Å². The minimum Gasteiger partial charge on any atom is -0.290 e. The number of hydrogen-bond acceptors (Lipinski definition) is 2. The number of ketones is 1. The van der Waals surface area contributed by atoms with Crippen molar-refractivity contribution in [2.45, 2.75) is 129 Å². The van der Waals surface area contributed by atoms with Crippen LogP contribution in [0.5, 0.6) is 0 Å². The minimum absolute atomic E-state index is 0.369. The Balaban J connectivity index is 3.00. The van der Waals surface area contributed by atoms with Gasteiger partial charge in [0.15, 0.2) is 0 Å². The molecule has 24 heavy (non-hydrogen) atoms. The highest BCUT2D eigenvalue weighted by atomic mass is 16.2. The zero-order valence-electron chi connectivity index (χ0n) is 16.3. The highest BCUT2D eigenvalue weighted by Gasteiger charge is 1.99. The number of hydrogen-bond donors (Lipinski definition) is 0. The van der Waals surface area contributed by atoms with Gasteiger partial charge in [-0.3, -0.25) is 9.59 Å². The van der Waals surface area contributed by atoms with Crippen molar-refractivity contribution >= 4 is 12.1 Å². The molecule has 0 aliphatic heterocycles. The van der Waals surface area contributed by atoms with Gasteiger partial charge in [0.25, 0.3) is 6.29 Å². The van der Waals surface area contributed by atoms with Crippen molar-refractivity contribution in [1.82, 2.24) is 0 Å². The molecule has 0 aliphatic rings. The molecule has 0 spiro atoms. The standard InChI is InChI=1S/C22H41O2/c1-2-3-4-5-6-7-8-9-10-11-12-13-14-15-16-17-18-19-20-22(24)21-23/h2-20H2,1H3. The molecule has 0 rings (SSSR count). The van der Waals surface area contributed by atoms with Gasteiger partial charge in [-0.05, 0) is 6.42 Å². The Bertz CT molecular complexity index is 273. The first-order valence-electron chi connectivity index (χ1n) is 10.7. The average Bonchev–Trinajstić information content (AvgIpc) is 2.60. The summed E-state index contributed by atoms with van der Waals surface area (Å²) in [6, 6.07) is 0. The van der Waals surface area contributed by atoms with Crippen LogP contribution in [0.4, 0.5) is 0 Å². The van der Waals surface area contributed by atoms with E-state index in [9.17, 15) is 9.59 Å². The van der Waals surface area contributed by atoms with Crippen LogP contribution in [0, 0.1) is 0 Å². The molecule has 2 heteroatoms. The summed E-state index contributed by atoms with van der Waals surface area (Å²) in [5.74, 6) is -0.369.